The molecule has 0 unspecified atom stereocenters. The molecule has 2 aromatic carbocycles. The van der Waals surface area contributed by atoms with Crippen LogP contribution in [0.2, 0.25) is 0 Å². The number of carbonyl (C=O) groups is 3. The zero-order valence-corrected chi connectivity index (χ0v) is 22.2. The fourth-order valence-corrected chi connectivity index (χ4v) is 6.22. The summed E-state index contributed by atoms with van der Waals surface area (Å²) in [6.45, 7) is 3.38. The summed E-state index contributed by atoms with van der Waals surface area (Å²) in [4.78, 5) is 43.1. The molecule has 1 aliphatic carbocycles. The third-order valence-corrected chi connectivity index (χ3v) is 8.43. The topological polar surface area (TPSA) is 94.0 Å². The first-order chi connectivity index (χ1) is 19.4. The molecule has 2 amide bonds. The summed E-state index contributed by atoms with van der Waals surface area (Å²) in [7, 11) is 0. The molecule has 9 nitrogen and oxygen atoms in total. The highest BCUT2D eigenvalue weighted by Gasteiger charge is 2.56. The van der Waals surface area contributed by atoms with Crippen LogP contribution in [-0.2, 0) is 21.4 Å². The van der Waals surface area contributed by atoms with Gasteiger partial charge in [0.2, 0.25) is 5.91 Å². The molecule has 206 valence electrons. The monoisotopic (exact) mass is 544 g/mol. The van der Waals surface area contributed by atoms with Crippen LogP contribution in [0.1, 0.15) is 71.1 Å². The molecule has 0 N–H and O–H groups in total. The lowest BCUT2D eigenvalue weighted by Gasteiger charge is -2.34. The molecule has 0 bridgehead atoms. The smallest absolute Gasteiger partial charge is 0.359 e. The Labute approximate surface area is 230 Å². The highest BCUT2D eigenvalue weighted by molar-refractivity contribution is 6.10. The van der Waals surface area contributed by atoms with Crippen molar-refractivity contribution in [3.05, 3.63) is 64.7 Å². The van der Waals surface area contributed by atoms with E-state index in [0.29, 0.717) is 49.5 Å². The first kappa shape index (κ1) is 24.8. The second-order valence-corrected chi connectivity index (χ2v) is 10.9. The molecular formula is C30H29FN4O5. The third-order valence-electron chi connectivity index (χ3n) is 8.43. The van der Waals surface area contributed by atoms with Crippen LogP contribution in [0.25, 0.3) is 5.69 Å². The molecule has 1 aromatic heterocycles. The molecule has 40 heavy (non-hydrogen) atoms. The Hall–Kier alpha value is -4.21. The molecule has 3 aromatic rings. The highest BCUT2D eigenvalue weighted by atomic mass is 19.1. The van der Waals surface area contributed by atoms with Gasteiger partial charge in [-0.1, -0.05) is 0 Å². The maximum absolute atomic E-state index is 15.5. The summed E-state index contributed by atoms with van der Waals surface area (Å²) >= 11 is 0. The van der Waals surface area contributed by atoms with Crippen molar-refractivity contribution < 1.29 is 28.2 Å². The number of fused-ring (bicyclic) bond motifs is 3. The van der Waals surface area contributed by atoms with E-state index in [9.17, 15) is 14.4 Å². The number of halogens is 1. The zero-order chi connectivity index (χ0) is 27.6. The molecular weight excluding hydrogens is 515 g/mol. The second kappa shape index (κ2) is 9.18. The van der Waals surface area contributed by atoms with Gasteiger partial charge in [-0.05, 0) is 68.5 Å². The van der Waals surface area contributed by atoms with Crippen molar-refractivity contribution in [1.82, 2.24) is 9.78 Å². The number of nitrogens with zero attached hydrogens (tertiary/aromatic N) is 4. The number of aromatic nitrogens is 2. The fourth-order valence-electron chi connectivity index (χ4n) is 6.22. The van der Waals surface area contributed by atoms with Gasteiger partial charge < -0.3 is 19.3 Å². The van der Waals surface area contributed by atoms with Gasteiger partial charge in [-0.25, -0.2) is 13.9 Å². The van der Waals surface area contributed by atoms with Gasteiger partial charge in [-0.3, -0.25) is 9.59 Å². The van der Waals surface area contributed by atoms with E-state index in [1.54, 1.807) is 22.8 Å². The Morgan fingerprint density at radius 1 is 1.07 bits per heavy atom. The van der Waals surface area contributed by atoms with E-state index in [4.69, 9.17) is 9.47 Å². The van der Waals surface area contributed by atoms with Crippen LogP contribution in [-0.4, -0.2) is 53.9 Å². The number of anilines is 2. The SMILES string of the molecule is CCOC(=O)c1nn(-c2cc3c(cc2F)OCC3)c2c1C1(CC1)CN(c1ccc(N3CCCCC3=O)cc1)C2=O. The number of amides is 2. The van der Waals surface area contributed by atoms with Crippen molar-refractivity contribution in [3.8, 4) is 11.4 Å². The van der Waals surface area contributed by atoms with Crippen LogP contribution in [0.4, 0.5) is 15.8 Å². The Bertz CT molecular complexity index is 1560. The van der Waals surface area contributed by atoms with Crippen LogP contribution in [0.3, 0.4) is 0 Å². The minimum Gasteiger partial charge on any atom is -0.493 e. The van der Waals surface area contributed by atoms with Crippen LogP contribution in [0.5, 0.6) is 5.75 Å². The number of esters is 1. The Kier molecular flexibility index (Phi) is 5.69. The van der Waals surface area contributed by atoms with Crippen molar-refractivity contribution in [1.29, 1.82) is 0 Å². The number of ether oxygens (including phenoxy) is 2. The molecule has 0 atom stereocenters. The van der Waals surface area contributed by atoms with Crippen molar-refractivity contribution in [2.45, 2.75) is 50.9 Å². The summed E-state index contributed by atoms with van der Waals surface area (Å²) in [5.74, 6) is -0.996. The molecule has 1 saturated carbocycles. The average Bonchev–Trinajstić information content (AvgIpc) is 3.37. The van der Waals surface area contributed by atoms with Gasteiger partial charge >= 0.3 is 5.97 Å². The van der Waals surface area contributed by atoms with Crippen LogP contribution in [0, 0.1) is 5.82 Å². The first-order valence-corrected chi connectivity index (χ1v) is 13.9. The number of hydrogen-bond acceptors (Lipinski definition) is 6. The first-order valence-electron chi connectivity index (χ1n) is 13.9. The summed E-state index contributed by atoms with van der Waals surface area (Å²) in [6.07, 6.45) is 4.55. The molecule has 2 fully saturated rings. The van der Waals surface area contributed by atoms with Crippen molar-refractivity contribution in [2.75, 3.05) is 36.1 Å². The highest BCUT2D eigenvalue weighted by Crippen LogP contribution is 2.54. The van der Waals surface area contributed by atoms with E-state index in [-0.39, 0.29) is 35.5 Å². The average molecular weight is 545 g/mol. The number of carbonyl (C=O) groups excluding carboxylic acids is 3. The van der Waals surface area contributed by atoms with Gasteiger partial charge in [-0.15, -0.1) is 0 Å². The van der Waals surface area contributed by atoms with Crippen LogP contribution < -0.4 is 14.5 Å². The summed E-state index contributed by atoms with van der Waals surface area (Å²) in [6, 6.07) is 10.4. The Morgan fingerprint density at radius 2 is 1.82 bits per heavy atom. The number of rotatable bonds is 5. The normalized spacial score (nSPS) is 18.9. The van der Waals surface area contributed by atoms with Gasteiger partial charge in [0.25, 0.3) is 5.91 Å². The quantitative estimate of drug-likeness (QED) is 0.444. The third kappa shape index (κ3) is 3.80. The summed E-state index contributed by atoms with van der Waals surface area (Å²) in [5.41, 5.74) is 2.71. The van der Waals surface area contributed by atoms with Crippen LogP contribution in [0.15, 0.2) is 36.4 Å². The minimum atomic E-state index is -0.620. The second-order valence-electron chi connectivity index (χ2n) is 10.9. The standard InChI is InChI=1S/C30H29FN4O5/c1-2-39-29(38)26-25-27(35(32-26)22-15-18-10-14-40-23(18)16-21(22)31)28(37)34(17-30(25)11-12-30)20-8-6-19(7-9-20)33-13-4-3-5-24(33)36/h6-9,15-16H,2-5,10-14,17H2,1H3. The number of hydrogen-bond donors (Lipinski definition) is 0. The van der Waals surface area contributed by atoms with Crippen LogP contribution >= 0.6 is 0 Å². The lowest BCUT2D eigenvalue weighted by molar-refractivity contribution is -0.119. The van der Waals surface area contributed by atoms with Crippen molar-refractivity contribution >= 4 is 29.2 Å². The van der Waals surface area contributed by atoms with E-state index in [1.165, 1.54) is 10.7 Å². The van der Waals surface area contributed by atoms with E-state index >= 15 is 4.39 Å². The fraction of sp³-hybridized carbons (Fsp3) is 0.400. The van der Waals surface area contributed by atoms with E-state index in [1.807, 2.05) is 24.3 Å². The lowest BCUT2D eigenvalue weighted by Crippen LogP contribution is -2.44. The Balaban J connectivity index is 1.33. The Morgan fingerprint density at radius 3 is 2.52 bits per heavy atom. The largest absolute Gasteiger partial charge is 0.493 e. The molecule has 1 saturated heterocycles. The maximum atomic E-state index is 15.5. The minimum absolute atomic E-state index is 0.0671. The summed E-state index contributed by atoms with van der Waals surface area (Å²) < 4.78 is 27.6. The molecule has 0 radical (unpaired) electrons. The molecule has 3 aliphatic heterocycles. The van der Waals surface area contributed by atoms with E-state index < -0.39 is 17.2 Å². The predicted molar refractivity (Wildman–Crippen MR) is 144 cm³/mol. The van der Waals surface area contributed by atoms with Gasteiger partial charge in [0, 0.05) is 54.4 Å². The lowest BCUT2D eigenvalue weighted by atomic mass is 9.88. The molecule has 4 aliphatic rings. The molecule has 10 heteroatoms. The number of benzene rings is 2. The van der Waals surface area contributed by atoms with Gasteiger partial charge in [0.15, 0.2) is 11.5 Å². The predicted octanol–water partition coefficient (Wildman–Crippen LogP) is 4.33. The molecule has 1 spiro atoms. The van der Waals surface area contributed by atoms with Gasteiger partial charge in [0.1, 0.15) is 17.1 Å². The maximum Gasteiger partial charge on any atom is 0.359 e. The van der Waals surface area contributed by atoms with Crippen molar-refractivity contribution in [3.63, 3.8) is 0 Å². The van der Waals surface area contributed by atoms with Gasteiger partial charge in [-0.2, -0.15) is 5.10 Å². The summed E-state index contributed by atoms with van der Waals surface area (Å²) in [5, 5.41) is 4.53. The van der Waals surface area contributed by atoms with Gasteiger partial charge in [0.05, 0.1) is 13.2 Å². The zero-order valence-electron chi connectivity index (χ0n) is 22.2. The van der Waals surface area contributed by atoms with E-state index in [0.717, 1.165) is 36.9 Å². The van der Waals surface area contributed by atoms with E-state index in [2.05, 4.69) is 5.10 Å². The molecule has 7 rings (SSSR count). The van der Waals surface area contributed by atoms with Crippen molar-refractivity contribution in [2.24, 2.45) is 0 Å². The molecule has 4 heterocycles. The number of piperidine rings is 1.